The molecule has 164 valence electrons. The highest BCUT2D eigenvalue weighted by molar-refractivity contribution is 5.94. The molecule has 1 amide bonds. The number of aromatic hydroxyl groups is 1. The Morgan fingerprint density at radius 1 is 1.35 bits per heavy atom. The number of nitrogens with zero attached hydrogens (tertiary/aromatic N) is 1. The second-order valence-corrected chi connectivity index (χ2v) is 10.2. The molecule has 4 aliphatic rings. The smallest absolute Gasteiger partial charge is 0.272 e. The van der Waals surface area contributed by atoms with Gasteiger partial charge in [-0.3, -0.25) is 9.89 Å². The molecule has 2 fully saturated rings. The molecule has 3 aliphatic carbocycles. The normalized spacial score (nSPS) is 33.3. The first-order valence-corrected chi connectivity index (χ1v) is 11.8. The van der Waals surface area contributed by atoms with Gasteiger partial charge in [-0.15, -0.1) is 0 Å². The lowest BCUT2D eigenvalue weighted by Gasteiger charge is -2.49. The first kappa shape index (κ1) is 19.4. The van der Waals surface area contributed by atoms with Gasteiger partial charge in [-0.2, -0.15) is 5.10 Å². The highest BCUT2D eigenvalue weighted by Crippen LogP contribution is 2.60. The molecule has 2 heterocycles. The summed E-state index contributed by atoms with van der Waals surface area (Å²) in [5.41, 5.74) is 5.72. The quantitative estimate of drug-likeness (QED) is 0.707. The number of hydrogen-bond donors (Lipinski definition) is 3. The molecule has 1 aromatic carbocycles. The van der Waals surface area contributed by atoms with Gasteiger partial charge < -0.3 is 15.2 Å². The predicted molar refractivity (Wildman–Crippen MR) is 116 cm³/mol. The number of hydrogen-bond acceptors (Lipinski definition) is 4. The number of H-pyrrole nitrogens is 1. The number of aryl methyl sites for hydroxylation is 1. The van der Waals surface area contributed by atoms with Crippen molar-refractivity contribution in [1.29, 1.82) is 0 Å². The molecule has 0 radical (unpaired) electrons. The van der Waals surface area contributed by atoms with Crippen LogP contribution >= 0.6 is 0 Å². The van der Waals surface area contributed by atoms with Crippen molar-refractivity contribution in [1.82, 2.24) is 15.5 Å². The Morgan fingerprint density at radius 2 is 2.26 bits per heavy atom. The van der Waals surface area contributed by atoms with Crippen molar-refractivity contribution in [3.05, 3.63) is 46.3 Å². The van der Waals surface area contributed by atoms with Crippen LogP contribution in [0.1, 0.15) is 77.8 Å². The van der Waals surface area contributed by atoms with Gasteiger partial charge in [0.1, 0.15) is 5.75 Å². The van der Waals surface area contributed by atoms with Crippen molar-refractivity contribution in [2.45, 2.75) is 69.3 Å². The van der Waals surface area contributed by atoms with Crippen LogP contribution < -0.4 is 5.32 Å². The second-order valence-electron chi connectivity index (χ2n) is 10.2. The van der Waals surface area contributed by atoms with E-state index in [0.717, 1.165) is 57.1 Å². The topological polar surface area (TPSA) is 87.2 Å². The van der Waals surface area contributed by atoms with Crippen LogP contribution in [0.5, 0.6) is 5.75 Å². The summed E-state index contributed by atoms with van der Waals surface area (Å²) in [5, 5.41) is 20.7. The maximum Gasteiger partial charge on any atom is 0.272 e. The van der Waals surface area contributed by atoms with Crippen molar-refractivity contribution in [2.24, 2.45) is 11.8 Å². The van der Waals surface area contributed by atoms with Crippen LogP contribution in [-0.4, -0.2) is 40.5 Å². The fourth-order valence-corrected chi connectivity index (χ4v) is 7.12. The number of carbonyl (C=O) groups excluding carboxylic acids is 1. The molecule has 31 heavy (non-hydrogen) atoms. The summed E-state index contributed by atoms with van der Waals surface area (Å²) in [7, 11) is 0. The van der Waals surface area contributed by atoms with E-state index in [1.807, 2.05) is 12.1 Å². The Kier molecular flexibility index (Phi) is 4.43. The predicted octanol–water partition coefficient (Wildman–Crippen LogP) is 3.59. The van der Waals surface area contributed by atoms with Gasteiger partial charge in [0.25, 0.3) is 5.91 Å². The zero-order valence-electron chi connectivity index (χ0n) is 18.1. The van der Waals surface area contributed by atoms with Crippen LogP contribution in [0.3, 0.4) is 0 Å². The molecule has 1 saturated carbocycles. The van der Waals surface area contributed by atoms with Gasteiger partial charge in [-0.1, -0.05) is 13.0 Å². The Morgan fingerprint density at radius 3 is 3.10 bits per heavy atom. The third-order valence-electron chi connectivity index (χ3n) is 8.69. The summed E-state index contributed by atoms with van der Waals surface area (Å²) in [6.07, 6.45) is 7.58. The van der Waals surface area contributed by atoms with Crippen molar-refractivity contribution in [2.75, 3.05) is 13.2 Å². The number of amides is 1. The zero-order valence-corrected chi connectivity index (χ0v) is 18.1. The van der Waals surface area contributed by atoms with Crippen molar-refractivity contribution in [3.8, 4) is 5.75 Å². The van der Waals surface area contributed by atoms with Crippen LogP contribution in [0.25, 0.3) is 0 Å². The Labute approximate surface area is 182 Å². The number of aromatic nitrogens is 2. The summed E-state index contributed by atoms with van der Waals surface area (Å²) < 4.78 is 5.64. The minimum atomic E-state index is -0.0729. The van der Waals surface area contributed by atoms with E-state index in [1.54, 1.807) is 0 Å². The molecule has 0 spiro atoms. The molecular formula is C25H31N3O3. The van der Waals surface area contributed by atoms with Crippen LogP contribution in [0.2, 0.25) is 0 Å². The standard InChI is InChI=1S/C25H31N3O3/c1-25-9-8-18-17-7-5-15(29)11-14(17)4-6-19(18)21(25)12-20-22(27-28-23(20)25)24(30)26-13-16-3-2-10-31-16/h5,7,11,16,18-19,21,29H,2-4,6,8-10,12-13H2,1H3,(H,26,30)(H,27,28)/t16?,18-,19-,21+,25+/m1/s1. The van der Waals surface area contributed by atoms with E-state index in [9.17, 15) is 9.90 Å². The van der Waals surface area contributed by atoms with Crippen molar-refractivity contribution in [3.63, 3.8) is 0 Å². The van der Waals surface area contributed by atoms with Crippen LogP contribution in [0, 0.1) is 11.8 Å². The number of carbonyl (C=O) groups is 1. The van der Waals surface area contributed by atoms with E-state index in [4.69, 9.17) is 4.74 Å². The molecular weight excluding hydrogens is 390 g/mol. The summed E-state index contributed by atoms with van der Waals surface area (Å²) in [4.78, 5) is 12.9. The van der Waals surface area contributed by atoms with E-state index in [-0.39, 0.29) is 17.4 Å². The molecule has 6 rings (SSSR count). The van der Waals surface area contributed by atoms with Crippen LogP contribution in [0.4, 0.5) is 0 Å². The maximum absolute atomic E-state index is 12.9. The fourth-order valence-electron chi connectivity index (χ4n) is 7.12. The second kappa shape index (κ2) is 7.09. The van der Waals surface area contributed by atoms with Gasteiger partial charge >= 0.3 is 0 Å². The minimum absolute atomic E-state index is 0.0605. The lowest BCUT2D eigenvalue weighted by molar-refractivity contribution is 0.0850. The third kappa shape index (κ3) is 2.94. The summed E-state index contributed by atoms with van der Waals surface area (Å²) >= 11 is 0. The van der Waals surface area contributed by atoms with Gasteiger partial charge in [-0.25, -0.2) is 0 Å². The Bertz CT molecular complexity index is 1030. The van der Waals surface area contributed by atoms with Crippen LogP contribution in [-0.2, 0) is 23.0 Å². The highest BCUT2D eigenvalue weighted by Gasteiger charge is 2.54. The molecule has 2 aromatic rings. The van der Waals surface area contributed by atoms with E-state index >= 15 is 0 Å². The van der Waals surface area contributed by atoms with Gasteiger partial charge in [0.2, 0.25) is 0 Å². The number of benzene rings is 1. The van der Waals surface area contributed by atoms with Crippen molar-refractivity contribution >= 4 is 5.91 Å². The van der Waals surface area contributed by atoms with Gasteiger partial charge in [0.15, 0.2) is 5.69 Å². The molecule has 1 aliphatic heterocycles. The van der Waals surface area contributed by atoms with E-state index in [2.05, 4.69) is 28.5 Å². The summed E-state index contributed by atoms with van der Waals surface area (Å²) in [6, 6.07) is 5.94. The SMILES string of the molecule is C[C@]12CC[C@@H]3c4ccc(O)cc4CC[C@H]3[C@@H]1Cc1c(C(=O)NCC3CCCO3)n[nH]c12. The number of ether oxygens (including phenoxy) is 1. The maximum atomic E-state index is 12.9. The average molecular weight is 422 g/mol. The van der Waals surface area contributed by atoms with Crippen LogP contribution in [0.15, 0.2) is 18.2 Å². The third-order valence-corrected chi connectivity index (χ3v) is 8.69. The molecule has 1 unspecified atom stereocenters. The average Bonchev–Trinajstić information content (AvgIpc) is 3.48. The monoisotopic (exact) mass is 421 g/mol. The number of phenols is 1. The highest BCUT2D eigenvalue weighted by atomic mass is 16.5. The lowest BCUT2D eigenvalue weighted by Crippen LogP contribution is -2.43. The summed E-state index contributed by atoms with van der Waals surface area (Å²) in [6.45, 7) is 3.73. The van der Waals surface area contributed by atoms with E-state index in [1.165, 1.54) is 16.8 Å². The number of fused-ring (bicyclic) bond motifs is 7. The first-order valence-electron chi connectivity index (χ1n) is 11.8. The molecule has 1 saturated heterocycles. The Balaban J connectivity index is 1.25. The molecule has 0 bridgehead atoms. The van der Waals surface area contributed by atoms with E-state index in [0.29, 0.717) is 35.7 Å². The minimum Gasteiger partial charge on any atom is -0.508 e. The van der Waals surface area contributed by atoms with Crippen molar-refractivity contribution < 1.29 is 14.6 Å². The lowest BCUT2D eigenvalue weighted by atomic mass is 9.55. The number of rotatable bonds is 3. The molecule has 6 heteroatoms. The van der Waals surface area contributed by atoms with Gasteiger partial charge in [-0.05, 0) is 86.0 Å². The van der Waals surface area contributed by atoms with Gasteiger partial charge in [0.05, 0.1) is 6.10 Å². The number of phenolic OH excluding ortho intramolecular Hbond substituents is 1. The Hall–Kier alpha value is -2.34. The first-order chi connectivity index (χ1) is 15.0. The molecule has 5 atom stereocenters. The zero-order chi connectivity index (χ0) is 21.2. The summed E-state index contributed by atoms with van der Waals surface area (Å²) in [5.74, 6) is 1.99. The van der Waals surface area contributed by atoms with E-state index < -0.39 is 0 Å². The molecule has 1 aromatic heterocycles. The van der Waals surface area contributed by atoms with Gasteiger partial charge in [0, 0.05) is 29.8 Å². The molecule has 6 nitrogen and oxygen atoms in total. The number of aromatic amines is 1. The molecule has 3 N–H and O–H groups in total. The fraction of sp³-hybridized carbons (Fsp3) is 0.600. The largest absolute Gasteiger partial charge is 0.508 e. The number of nitrogens with one attached hydrogen (secondary N) is 2.